The van der Waals surface area contributed by atoms with Crippen molar-refractivity contribution in [1.82, 2.24) is 0 Å². The molecular formula is C7H9NO2. The molecule has 0 amide bonds. The number of nitrogens with zero attached hydrogens (tertiary/aromatic N) is 1. The van der Waals surface area contributed by atoms with Crippen molar-refractivity contribution >= 4 is 5.69 Å². The predicted molar refractivity (Wildman–Crippen MR) is 40.3 cm³/mol. The summed E-state index contributed by atoms with van der Waals surface area (Å²) in [5.74, 6) is -0.0764. The van der Waals surface area contributed by atoms with Gasteiger partial charge < -0.3 is 5.11 Å². The van der Waals surface area contributed by atoms with Crippen LogP contribution in [-0.4, -0.2) is 5.11 Å². The Balaban J connectivity index is 0.000000810. The number of para-hydroxylation sites is 1. The van der Waals surface area contributed by atoms with E-state index < -0.39 is 0 Å². The molecule has 0 spiro atoms. The third kappa shape index (κ3) is 1.55. The lowest BCUT2D eigenvalue weighted by Crippen LogP contribution is -1.63. The molecule has 3 heteroatoms. The van der Waals surface area contributed by atoms with E-state index in [1.807, 2.05) is 0 Å². The van der Waals surface area contributed by atoms with Crippen LogP contribution in [0.5, 0.6) is 5.75 Å². The van der Waals surface area contributed by atoms with Gasteiger partial charge in [-0.05, 0) is 17.3 Å². The summed E-state index contributed by atoms with van der Waals surface area (Å²) in [6, 6.07) is 6.12. The molecule has 3 nitrogen and oxygen atoms in total. The van der Waals surface area contributed by atoms with Gasteiger partial charge in [0.2, 0.25) is 0 Å². The summed E-state index contributed by atoms with van der Waals surface area (Å²) in [6.45, 7) is 0. The smallest absolute Gasteiger partial charge is 0.149 e. The van der Waals surface area contributed by atoms with E-state index in [0.717, 1.165) is 0 Å². The minimum atomic E-state index is -0.0764. The summed E-state index contributed by atoms with van der Waals surface area (Å²) in [7, 11) is 0. The molecule has 0 fully saturated rings. The molecule has 0 saturated carbocycles. The molecule has 0 aliphatic carbocycles. The van der Waals surface area contributed by atoms with Crippen LogP contribution in [0.1, 0.15) is 7.43 Å². The summed E-state index contributed by atoms with van der Waals surface area (Å²) in [6.07, 6.45) is 0. The summed E-state index contributed by atoms with van der Waals surface area (Å²) in [5, 5.41) is 11.4. The van der Waals surface area contributed by atoms with Crippen LogP contribution in [0.4, 0.5) is 5.69 Å². The lowest BCUT2D eigenvalue weighted by atomic mass is 10.3. The second-order valence-electron chi connectivity index (χ2n) is 1.58. The Kier molecular flexibility index (Phi) is 3.11. The molecule has 1 N–H and O–H groups in total. The van der Waals surface area contributed by atoms with Crippen LogP contribution >= 0.6 is 0 Å². The van der Waals surface area contributed by atoms with Crippen molar-refractivity contribution in [3.63, 3.8) is 0 Å². The Hall–Kier alpha value is -1.38. The third-order valence-electron chi connectivity index (χ3n) is 0.980. The summed E-state index contributed by atoms with van der Waals surface area (Å²) in [4.78, 5) is 9.82. The van der Waals surface area contributed by atoms with Crippen LogP contribution in [0.25, 0.3) is 0 Å². The van der Waals surface area contributed by atoms with E-state index >= 15 is 0 Å². The van der Waals surface area contributed by atoms with Crippen molar-refractivity contribution in [3.8, 4) is 5.75 Å². The van der Waals surface area contributed by atoms with Crippen molar-refractivity contribution in [1.29, 1.82) is 0 Å². The molecule has 0 aromatic heterocycles. The van der Waals surface area contributed by atoms with Gasteiger partial charge in [-0.3, -0.25) is 0 Å². The summed E-state index contributed by atoms with van der Waals surface area (Å²) >= 11 is 0. The Morgan fingerprint density at radius 1 is 1.30 bits per heavy atom. The summed E-state index contributed by atoms with van der Waals surface area (Å²) < 4.78 is 0. The van der Waals surface area contributed by atoms with E-state index in [2.05, 4.69) is 5.18 Å². The molecule has 1 rings (SSSR count). The normalized spacial score (nSPS) is 8.00. The van der Waals surface area contributed by atoms with E-state index in [1.54, 1.807) is 12.1 Å². The lowest BCUT2D eigenvalue weighted by molar-refractivity contribution is 0.477. The van der Waals surface area contributed by atoms with Crippen LogP contribution in [0, 0.1) is 4.91 Å². The zero-order chi connectivity index (χ0) is 6.69. The highest BCUT2D eigenvalue weighted by Crippen LogP contribution is 2.23. The molecule has 0 atom stereocenters. The molecule has 0 aliphatic heterocycles. The third-order valence-corrected chi connectivity index (χ3v) is 0.980. The Morgan fingerprint density at radius 2 is 1.90 bits per heavy atom. The second kappa shape index (κ2) is 3.61. The van der Waals surface area contributed by atoms with Crippen LogP contribution in [-0.2, 0) is 0 Å². The first-order chi connectivity index (χ1) is 4.34. The van der Waals surface area contributed by atoms with Crippen LogP contribution in [0.15, 0.2) is 29.4 Å². The first-order valence-electron chi connectivity index (χ1n) is 2.46. The van der Waals surface area contributed by atoms with Crippen molar-refractivity contribution in [2.45, 2.75) is 7.43 Å². The van der Waals surface area contributed by atoms with Gasteiger partial charge >= 0.3 is 0 Å². The molecule has 0 saturated heterocycles. The quantitative estimate of drug-likeness (QED) is 0.607. The number of nitroso groups, excluding NO2 is 1. The molecule has 0 unspecified atom stereocenters. The highest BCUT2D eigenvalue weighted by molar-refractivity contribution is 5.49. The van der Waals surface area contributed by atoms with Crippen molar-refractivity contribution in [2.24, 2.45) is 5.18 Å². The number of phenols is 1. The SMILES string of the molecule is C.O=Nc1ccccc1O. The van der Waals surface area contributed by atoms with Crippen LogP contribution in [0.3, 0.4) is 0 Å². The first-order valence-corrected chi connectivity index (χ1v) is 2.46. The summed E-state index contributed by atoms with van der Waals surface area (Å²) in [5.41, 5.74) is 0.0810. The van der Waals surface area contributed by atoms with Gasteiger partial charge in [0.15, 0.2) is 0 Å². The fraction of sp³-hybridized carbons (Fsp3) is 0.143. The number of rotatable bonds is 1. The Morgan fingerprint density at radius 3 is 2.30 bits per heavy atom. The predicted octanol–water partition coefficient (Wildman–Crippen LogP) is 2.43. The van der Waals surface area contributed by atoms with E-state index in [-0.39, 0.29) is 18.9 Å². The highest BCUT2D eigenvalue weighted by Gasteiger charge is 1.94. The number of aromatic hydroxyl groups is 1. The average molecular weight is 139 g/mol. The van der Waals surface area contributed by atoms with Crippen molar-refractivity contribution in [2.75, 3.05) is 0 Å². The van der Waals surface area contributed by atoms with E-state index in [0.29, 0.717) is 0 Å². The Labute approximate surface area is 59.3 Å². The van der Waals surface area contributed by atoms with Crippen molar-refractivity contribution in [3.05, 3.63) is 29.2 Å². The first kappa shape index (κ1) is 8.62. The molecule has 54 valence electrons. The van der Waals surface area contributed by atoms with Gasteiger partial charge in [0.05, 0.1) is 0 Å². The van der Waals surface area contributed by atoms with Crippen LogP contribution in [0.2, 0.25) is 0 Å². The van der Waals surface area contributed by atoms with E-state index in [4.69, 9.17) is 5.11 Å². The fourth-order valence-electron chi connectivity index (χ4n) is 0.541. The molecule has 0 radical (unpaired) electrons. The Bertz CT molecular complexity index is 223. The maximum absolute atomic E-state index is 9.82. The van der Waals surface area contributed by atoms with Gasteiger partial charge in [0.1, 0.15) is 11.4 Å². The largest absolute Gasteiger partial charge is 0.506 e. The maximum atomic E-state index is 9.82. The number of benzene rings is 1. The molecule has 1 aromatic rings. The standard InChI is InChI=1S/C6H5NO2.CH4/c8-6-4-2-1-3-5(6)7-9;/h1-4,8H;1H4. The van der Waals surface area contributed by atoms with Crippen LogP contribution < -0.4 is 0 Å². The monoisotopic (exact) mass is 139 g/mol. The minimum absolute atomic E-state index is 0. The molecular weight excluding hydrogens is 130 g/mol. The zero-order valence-corrected chi connectivity index (χ0v) is 4.61. The van der Waals surface area contributed by atoms with E-state index in [9.17, 15) is 4.91 Å². The number of phenolic OH excluding ortho intramolecular Hbond substituents is 1. The van der Waals surface area contributed by atoms with Gasteiger partial charge in [0, 0.05) is 0 Å². The van der Waals surface area contributed by atoms with Gasteiger partial charge in [0.25, 0.3) is 0 Å². The topological polar surface area (TPSA) is 49.7 Å². The average Bonchev–Trinajstić information content (AvgIpc) is 1.89. The van der Waals surface area contributed by atoms with Gasteiger partial charge in [-0.1, -0.05) is 19.6 Å². The van der Waals surface area contributed by atoms with Gasteiger partial charge in [-0.25, -0.2) is 0 Å². The molecule has 0 heterocycles. The molecule has 10 heavy (non-hydrogen) atoms. The molecule has 0 aliphatic rings. The maximum Gasteiger partial charge on any atom is 0.149 e. The number of hydrogen-bond donors (Lipinski definition) is 1. The molecule has 0 bridgehead atoms. The fourth-order valence-corrected chi connectivity index (χ4v) is 0.541. The highest BCUT2D eigenvalue weighted by atomic mass is 16.3. The molecule has 1 aromatic carbocycles. The van der Waals surface area contributed by atoms with E-state index in [1.165, 1.54) is 12.1 Å². The lowest BCUT2D eigenvalue weighted by Gasteiger charge is -1.89. The zero-order valence-electron chi connectivity index (χ0n) is 4.61. The van der Waals surface area contributed by atoms with Gasteiger partial charge in [-0.2, -0.15) is 0 Å². The minimum Gasteiger partial charge on any atom is -0.506 e. The van der Waals surface area contributed by atoms with Gasteiger partial charge in [-0.15, -0.1) is 4.91 Å². The van der Waals surface area contributed by atoms with Crippen molar-refractivity contribution < 1.29 is 5.11 Å². The number of hydrogen-bond acceptors (Lipinski definition) is 3. The second-order valence-corrected chi connectivity index (χ2v) is 1.58.